The zero-order valence-electron chi connectivity index (χ0n) is 13.9. The minimum absolute atomic E-state index is 0.267. The Labute approximate surface area is 137 Å². The van der Waals surface area contributed by atoms with E-state index in [1.165, 1.54) is 5.56 Å². The first-order chi connectivity index (χ1) is 11.2. The molecule has 3 heterocycles. The van der Waals surface area contributed by atoms with Crippen molar-refractivity contribution in [2.45, 2.75) is 44.9 Å². The molecule has 0 aliphatic carbocycles. The maximum Gasteiger partial charge on any atom is 0.0706 e. The van der Waals surface area contributed by atoms with Gasteiger partial charge >= 0.3 is 0 Å². The second kappa shape index (κ2) is 7.62. The van der Waals surface area contributed by atoms with Crippen LogP contribution in [0.4, 0.5) is 0 Å². The highest BCUT2D eigenvalue weighted by Gasteiger charge is 2.26. The molecule has 3 rings (SSSR count). The first-order valence-electron chi connectivity index (χ1n) is 8.21. The van der Waals surface area contributed by atoms with E-state index < -0.39 is 0 Å². The van der Waals surface area contributed by atoms with Gasteiger partial charge in [0, 0.05) is 31.9 Å². The number of aromatic nitrogens is 3. The summed E-state index contributed by atoms with van der Waals surface area (Å²) in [5.41, 5.74) is 3.21. The Kier molecular flexibility index (Phi) is 5.31. The van der Waals surface area contributed by atoms with E-state index in [1.54, 1.807) is 0 Å². The normalized spacial score (nSPS) is 21.0. The highest BCUT2D eigenvalue weighted by molar-refractivity contribution is 5.08. The molecule has 0 unspecified atom stereocenters. The van der Waals surface area contributed by atoms with Crippen molar-refractivity contribution < 1.29 is 4.74 Å². The van der Waals surface area contributed by atoms with Crippen LogP contribution < -0.4 is 0 Å². The Morgan fingerprint density at radius 2 is 2.04 bits per heavy atom. The van der Waals surface area contributed by atoms with Crippen LogP contribution >= 0.6 is 0 Å². The molecule has 1 fully saturated rings. The van der Waals surface area contributed by atoms with Crippen molar-refractivity contribution >= 4 is 0 Å². The molecular formula is C18H24N4O. The van der Waals surface area contributed by atoms with E-state index in [9.17, 15) is 0 Å². The quantitative estimate of drug-likeness (QED) is 0.820. The third-order valence-corrected chi connectivity index (χ3v) is 4.18. The molecule has 0 aromatic carbocycles. The fourth-order valence-electron chi connectivity index (χ4n) is 3.05. The molecular weight excluding hydrogens is 288 g/mol. The number of likely N-dealkylation sites (N-methyl/N-ethyl adjacent to an activating group) is 1. The summed E-state index contributed by atoms with van der Waals surface area (Å²) in [5, 5.41) is 8.35. The minimum atomic E-state index is 0.267. The number of nitrogens with zero attached hydrogens (tertiary/aromatic N) is 4. The van der Waals surface area contributed by atoms with Crippen LogP contribution in [0, 0.1) is 6.92 Å². The lowest BCUT2D eigenvalue weighted by molar-refractivity contribution is 0.0262. The second-order valence-corrected chi connectivity index (χ2v) is 6.39. The summed E-state index contributed by atoms with van der Waals surface area (Å²) in [6, 6.07) is 8.15. The summed E-state index contributed by atoms with van der Waals surface area (Å²) in [6.07, 6.45) is 7.37. The lowest BCUT2D eigenvalue weighted by Crippen LogP contribution is -2.29. The molecule has 0 amide bonds. The first-order valence-corrected chi connectivity index (χ1v) is 8.21. The second-order valence-electron chi connectivity index (χ2n) is 6.39. The molecule has 2 aromatic heterocycles. The topological polar surface area (TPSA) is 51.1 Å². The predicted octanol–water partition coefficient (Wildman–Crippen LogP) is 2.40. The molecule has 0 bridgehead atoms. The van der Waals surface area contributed by atoms with Crippen LogP contribution in [0.5, 0.6) is 0 Å². The van der Waals surface area contributed by atoms with Crippen molar-refractivity contribution in [1.29, 1.82) is 0 Å². The molecule has 122 valence electrons. The summed E-state index contributed by atoms with van der Waals surface area (Å²) < 4.78 is 6.18. The lowest BCUT2D eigenvalue weighted by atomic mass is 10.1. The van der Waals surface area contributed by atoms with Gasteiger partial charge in [-0.05, 0) is 50.6 Å². The van der Waals surface area contributed by atoms with Gasteiger partial charge in [-0.25, -0.2) is 0 Å². The van der Waals surface area contributed by atoms with Gasteiger partial charge in [0.1, 0.15) is 0 Å². The summed E-state index contributed by atoms with van der Waals surface area (Å²) in [7, 11) is 2.13. The van der Waals surface area contributed by atoms with E-state index in [-0.39, 0.29) is 6.10 Å². The number of pyridine rings is 1. The van der Waals surface area contributed by atoms with Crippen molar-refractivity contribution in [2.75, 3.05) is 13.6 Å². The zero-order valence-corrected chi connectivity index (χ0v) is 13.9. The van der Waals surface area contributed by atoms with Crippen LogP contribution in [0.15, 0.2) is 36.7 Å². The average Bonchev–Trinajstić information content (AvgIpc) is 2.97. The standard InChI is InChI=1S/C18H24N4O/c1-14-5-6-16(21-20-14)10-17-7-8-18(23-17)13-22(2)12-15-4-3-9-19-11-15/h3-6,9,11,17-18H,7-8,10,12-13H2,1-2H3/t17-,18+/m0/s1. The van der Waals surface area contributed by atoms with Crippen LogP contribution in [0.1, 0.15) is 29.8 Å². The zero-order chi connectivity index (χ0) is 16.1. The number of hydrogen-bond acceptors (Lipinski definition) is 5. The monoisotopic (exact) mass is 312 g/mol. The van der Waals surface area contributed by atoms with E-state index in [4.69, 9.17) is 4.74 Å². The third-order valence-electron chi connectivity index (χ3n) is 4.18. The molecule has 1 aliphatic rings. The maximum atomic E-state index is 6.18. The highest BCUT2D eigenvalue weighted by Crippen LogP contribution is 2.23. The molecule has 0 saturated carbocycles. The molecule has 0 radical (unpaired) electrons. The third kappa shape index (κ3) is 4.81. The van der Waals surface area contributed by atoms with Gasteiger partial charge in [0.05, 0.1) is 23.6 Å². The van der Waals surface area contributed by atoms with Crippen molar-refractivity contribution in [3.63, 3.8) is 0 Å². The van der Waals surface area contributed by atoms with E-state index in [1.807, 2.05) is 37.5 Å². The van der Waals surface area contributed by atoms with Gasteiger partial charge in [0.2, 0.25) is 0 Å². The molecule has 5 nitrogen and oxygen atoms in total. The molecule has 1 aliphatic heterocycles. The van der Waals surface area contributed by atoms with Crippen LogP contribution in [-0.2, 0) is 17.7 Å². The molecule has 1 saturated heterocycles. The largest absolute Gasteiger partial charge is 0.373 e. The van der Waals surface area contributed by atoms with Crippen LogP contribution in [0.25, 0.3) is 0 Å². The summed E-state index contributed by atoms with van der Waals surface area (Å²) >= 11 is 0. The maximum absolute atomic E-state index is 6.18. The fourth-order valence-corrected chi connectivity index (χ4v) is 3.05. The Morgan fingerprint density at radius 3 is 2.78 bits per heavy atom. The Bertz CT molecular complexity index is 602. The van der Waals surface area contributed by atoms with Gasteiger partial charge in [-0.15, -0.1) is 0 Å². The van der Waals surface area contributed by atoms with Gasteiger partial charge in [0.25, 0.3) is 0 Å². The van der Waals surface area contributed by atoms with E-state index in [0.717, 1.165) is 43.7 Å². The molecule has 0 N–H and O–H groups in total. The van der Waals surface area contributed by atoms with Crippen molar-refractivity contribution in [2.24, 2.45) is 0 Å². The SMILES string of the molecule is Cc1ccc(C[C@@H]2CC[C@H](CN(C)Cc3cccnc3)O2)nn1. The van der Waals surface area contributed by atoms with Gasteiger partial charge in [-0.3, -0.25) is 9.88 Å². The Morgan fingerprint density at radius 1 is 1.17 bits per heavy atom. The number of aryl methyl sites for hydroxylation is 1. The summed E-state index contributed by atoms with van der Waals surface area (Å²) in [6.45, 7) is 3.81. The Hall–Kier alpha value is -1.85. The highest BCUT2D eigenvalue weighted by atomic mass is 16.5. The Balaban J connectivity index is 1.45. The summed E-state index contributed by atoms with van der Waals surface area (Å²) in [4.78, 5) is 6.47. The predicted molar refractivity (Wildman–Crippen MR) is 88.9 cm³/mol. The van der Waals surface area contributed by atoms with E-state index in [0.29, 0.717) is 6.10 Å². The van der Waals surface area contributed by atoms with E-state index >= 15 is 0 Å². The van der Waals surface area contributed by atoms with Gasteiger partial charge in [0.15, 0.2) is 0 Å². The van der Waals surface area contributed by atoms with Crippen molar-refractivity contribution in [3.05, 3.63) is 53.6 Å². The van der Waals surface area contributed by atoms with Gasteiger partial charge in [-0.1, -0.05) is 6.07 Å². The molecule has 2 atom stereocenters. The van der Waals surface area contributed by atoms with Crippen LogP contribution in [-0.4, -0.2) is 45.9 Å². The van der Waals surface area contributed by atoms with Crippen molar-refractivity contribution in [1.82, 2.24) is 20.1 Å². The number of ether oxygens (including phenoxy) is 1. The van der Waals surface area contributed by atoms with Gasteiger partial charge in [-0.2, -0.15) is 10.2 Å². The average molecular weight is 312 g/mol. The molecule has 2 aromatic rings. The molecule has 0 spiro atoms. The van der Waals surface area contributed by atoms with Crippen LogP contribution in [0.2, 0.25) is 0 Å². The number of rotatable bonds is 6. The smallest absolute Gasteiger partial charge is 0.0706 e. The number of hydrogen-bond donors (Lipinski definition) is 0. The van der Waals surface area contributed by atoms with Gasteiger partial charge < -0.3 is 4.74 Å². The molecule has 5 heteroatoms. The van der Waals surface area contributed by atoms with Crippen LogP contribution in [0.3, 0.4) is 0 Å². The first kappa shape index (κ1) is 16.0. The fraction of sp³-hybridized carbons (Fsp3) is 0.500. The van der Waals surface area contributed by atoms with E-state index in [2.05, 4.69) is 33.2 Å². The lowest BCUT2D eigenvalue weighted by Gasteiger charge is -2.21. The molecule has 23 heavy (non-hydrogen) atoms. The minimum Gasteiger partial charge on any atom is -0.373 e. The summed E-state index contributed by atoms with van der Waals surface area (Å²) in [5.74, 6) is 0. The van der Waals surface area contributed by atoms with Crippen molar-refractivity contribution in [3.8, 4) is 0 Å².